The maximum atomic E-state index is 10.6. The molecule has 0 aliphatic carbocycles. The topological polar surface area (TPSA) is 52.5 Å². The highest BCUT2D eigenvalue weighted by Gasteiger charge is 2.24. The number of anilines is 1. The molecule has 1 aliphatic heterocycles. The number of rotatable bonds is 8. The van der Waals surface area contributed by atoms with Crippen LogP contribution in [-0.2, 0) is 19.3 Å². The predicted octanol–water partition coefficient (Wildman–Crippen LogP) is 4.32. The van der Waals surface area contributed by atoms with Crippen molar-refractivity contribution in [1.82, 2.24) is 14.9 Å². The average molecular weight is 465 g/mol. The number of benzene rings is 2. The van der Waals surface area contributed by atoms with Crippen molar-refractivity contribution in [2.45, 2.75) is 39.2 Å². The number of aliphatic hydroxyl groups is 1. The molecular formula is C27H33ClN4O. The summed E-state index contributed by atoms with van der Waals surface area (Å²) in [4.78, 5) is 14.4. The van der Waals surface area contributed by atoms with Gasteiger partial charge in [-0.25, -0.2) is 9.97 Å². The van der Waals surface area contributed by atoms with Crippen LogP contribution in [0.5, 0.6) is 0 Å². The summed E-state index contributed by atoms with van der Waals surface area (Å²) in [6.45, 7) is 8.45. The molecule has 0 bridgehead atoms. The first kappa shape index (κ1) is 23.7. The van der Waals surface area contributed by atoms with E-state index in [1.165, 1.54) is 16.7 Å². The highest BCUT2D eigenvalue weighted by Crippen LogP contribution is 2.26. The van der Waals surface area contributed by atoms with Gasteiger partial charge in [-0.15, -0.1) is 0 Å². The van der Waals surface area contributed by atoms with Crippen molar-refractivity contribution in [2.24, 2.45) is 0 Å². The minimum Gasteiger partial charge on any atom is -0.391 e. The molecular weight excluding hydrogens is 432 g/mol. The third-order valence-electron chi connectivity index (χ3n) is 6.27. The Morgan fingerprint density at radius 1 is 0.939 bits per heavy atom. The van der Waals surface area contributed by atoms with E-state index in [4.69, 9.17) is 21.6 Å². The molecule has 0 unspecified atom stereocenters. The Kier molecular flexibility index (Phi) is 7.97. The SMILES string of the molecule is CCc1nc(C)nc(N2CCN(C[C@@H](O)Cc3ccccc3)CC2)c1Cc1ccc(Cl)cc1. The molecule has 0 spiro atoms. The number of aromatic nitrogens is 2. The van der Waals surface area contributed by atoms with Crippen molar-refractivity contribution < 1.29 is 5.11 Å². The van der Waals surface area contributed by atoms with Gasteiger partial charge in [0, 0.05) is 55.4 Å². The first-order chi connectivity index (χ1) is 16.0. The van der Waals surface area contributed by atoms with Crippen molar-refractivity contribution in [1.29, 1.82) is 0 Å². The molecule has 5 nitrogen and oxygen atoms in total. The van der Waals surface area contributed by atoms with Crippen molar-refractivity contribution in [3.63, 3.8) is 0 Å². The van der Waals surface area contributed by atoms with E-state index in [9.17, 15) is 5.11 Å². The Labute approximate surface area is 202 Å². The van der Waals surface area contributed by atoms with Gasteiger partial charge < -0.3 is 10.0 Å². The van der Waals surface area contributed by atoms with E-state index in [1.54, 1.807) is 0 Å². The number of hydrogen-bond donors (Lipinski definition) is 1. The van der Waals surface area contributed by atoms with E-state index in [0.717, 1.165) is 61.4 Å². The van der Waals surface area contributed by atoms with Gasteiger partial charge >= 0.3 is 0 Å². The van der Waals surface area contributed by atoms with E-state index >= 15 is 0 Å². The van der Waals surface area contributed by atoms with Gasteiger partial charge in [-0.05, 0) is 43.0 Å². The Morgan fingerprint density at radius 3 is 2.30 bits per heavy atom. The zero-order valence-electron chi connectivity index (χ0n) is 19.5. The second kappa shape index (κ2) is 11.1. The normalized spacial score (nSPS) is 15.6. The van der Waals surface area contributed by atoms with Crippen molar-refractivity contribution in [2.75, 3.05) is 37.6 Å². The van der Waals surface area contributed by atoms with Crippen LogP contribution >= 0.6 is 11.6 Å². The molecule has 1 atom stereocenters. The molecule has 4 rings (SSSR count). The summed E-state index contributed by atoms with van der Waals surface area (Å²) in [7, 11) is 0. The minimum absolute atomic E-state index is 0.354. The third-order valence-corrected chi connectivity index (χ3v) is 6.52. The summed E-state index contributed by atoms with van der Waals surface area (Å²) in [5, 5.41) is 11.3. The van der Waals surface area contributed by atoms with Gasteiger partial charge in [-0.3, -0.25) is 4.90 Å². The number of hydrogen-bond acceptors (Lipinski definition) is 5. The molecule has 1 aliphatic rings. The van der Waals surface area contributed by atoms with E-state index in [2.05, 4.69) is 41.0 Å². The molecule has 6 heteroatoms. The van der Waals surface area contributed by atoms with Crippen LogP contribution in [-0.4, -0.2) is 58.8 Å². The van der Waals surface area contributed by atoms with Crippen LogP contribution in [0.1, 0.15) is 35.1 Å². The summed E-state index contributed by atoms with van der Waals surface area (Å²) in [5.74, 6) is 1.88. The van der Waals surface area contributed by atoms with Crippen LogP contribution in [0, 0.1) is 6.92 Å². The monoisotopic (exact) mass is 464 g/mol. The van der Waals surface area contributed by atoms with Crippen LogP contribution < -0.4 is 4.90 Å². The van der Waals surface area contributed by atoms with E-state index in [-0.39, 0.29) is 6.10 Å². The van der Waals surface area contributed by atoms with E-state index in [0.29, 0.717) is 13.0 Å². The lowest BCUT2D eigenvalue weighted by atomic mass is 10.0. The lowest BCUT2D eigenvalue weighted by Crippen LogP contribution is -2.49. The smallest absolute Gasteiger partial charge is 0.136 e. The zero-order chi connectivity index (χ0) is 23.2. The van der Waals surface area contributed by atoms with Gasteiger partial charge in [0.25, 0.3) is 0 Å². The number of β-amino-alcohol motifs (C(OH)–C–C–N with tert-alkyl or cyclic N) is 1. The number of halogens is 1. The summed E-state index contributed by atoms with van der Waals surface area (Å²) in [5.41, 5.74) is 4.72. The van der Waals surface area contributed by atoms with Crippen LogP contribution in [0.3, 0.4) is 0 Å². The fourth-order valence-electron chi connectivity index (χ4n) is 4.57. The number of aliphatic hydroxyl groups excluding tert-OH is 1. The Morgan fingerprint density at radius 2 is 1.64 bits per heavy atom. The Bertz CT molecular complexity index is 1030. The minimum atomic E-state index is -0.354. The van der Waals surface area contributed by atoms with Crippen LogP contribution in [0.25, 0.3) is 0 Å². The third kappa shape index (κ3) is 6.32. The number of piperazine rings is 1. The zero-order valence-corrected chi connectivity index (χ0v) is 20.3. The highest BCUT2D eigenvalue weighted by atomic mass is 35.5. The Balaban J connectivity index is 1.43. The lowest BCUT2D eigenvalue weighted by molar-refractivity contribution is 0.109. The van der Waals surface area contributed by atoms with Crippen LogP contribution in [0.15, 0.2) is 54.6 Å². The van der Waals surface area contributed by atoms with Crippen molar-refractivity contribution in [3.8, 4) is 0 Å². The van der Waals surface area contributed by atoms with Gasteiger partial charge in [0.15, 0.2) is 0 Å². The lowest BCUT2D eigenvalue weighted by Gasteiger charge is -2.37. The molecule has 1 N–H and O–H groups in total. The van der Waals surface area contributed by atoms with Gasteiger partial charge in [0.1, 0.15) is 11.6 Å². The highest BCUT2D eigenvalue weighted by molar-refractivity contribution is 6.30. The van der Waals surface area contributed by atoms with Gasteiger partial charge in [0.2, 0.25) is 0 Å². The second-order valence-corrected chi connectivity index (χ2v) is 9.24. The molecule has 2 heterocycles. The van der Waals surface area contributed by atoms with Gasteiger partial charge in [0.05, 0.1) is 6.10 Å². The molecule has 0 radical (unpaired) electrons. The first-order valence-corrected chi connectivity index (χ1v) is 12.2. The molecule has 2 aromatic carbocycles. The van der Waals surface area contributed by atoms with Gasteiger partial charge in [-0.2, -0.15) is 0 Å². The van der Waals surface area contributed by atoms with E-state index in [1.807, 2.05) is 37.3 Å². The first-order valence-electron chi connectivity index (χ1n) is 11.8. The summed E-state index contributed by atoms with van der Waals surface area (Å²) >= 11 is 6.09. The average Bonchev–Trinajstić information content (AvgIpc) is 2.82. The summed E-state index contributed by atoms with van der Waals surface area (Å²) < 4.78 is 0. The molecule has 174 valence electrons. The summed E-state index contributed by atoms with van der Waals surface area (Å²) in [6, 6.07) is 18.3. The predicted molar refractivity (Wildman–Crippen MR) is 135 cm³/mol. The van der Waals surface area contributed by atoms with Crippen LogP contribution in [0.4, 0.5) is 5.82 Å². The fraction of sp³-hybridized carbons (Fsp3) is 0.407. The molecule has 0 saturated carbocycles. The Hall–Kier alpha value is -2.47. The molecule has 3 aromatic rings. The standard InChI is InChI=1S/C27H33ClN4O/c1-3-26-25(18-22-9-11-23(28)12-10-22)27(30-20(2)29-26)32-15-13-31(14-16-32)19-24(33)17-21-7-5-4-6-8-21/h4-12,24,33H,3,13-19H2,1-2H3/t24-/m0/s1. The van der Waals surface area contributed by atoms with Crippen molar-refractivity contribution >= 4 is 17.4 Å². The maximum absolute atomic E-state index is 10.6. The summed E-state index contributed by atoms with van der Waals surface area (Å²) in [6.07, 6.45) is 2.01. The van der Waals surface area contributed by atoms with Crippen LogP contribution in [0.2, 0.25) is 5.02 Å². The molecule has 0 amide bonds. The van der Waals surface area contributed by atoms with Gasteiger partial charge in [-0.1, -0.05) is 61.0 Å². The number of aryl methyl sites for hydroxylation is 2. The molecule has 1 aromatic heterocycles. The van der Waals surface area contributed by atoms with E-state index < -0.39 is 0 Å². The van der Waals surface area contributed by atoms with Crippen molar-refractivity contribution in [3.05, 3.63) is 87.8 Å². The molecule has 33 heavy (non-hydrogen) atoms. The molecule has 1 fully saturated rings. The fourth-order valence-corrected chi connectivity index (χ4v) is 4.70. The second-order valence-electron chi connectivity index (χ2n) is 8.81. The number of nitrogens with zero attached hydrogens (tertiary/aromatic N) is 4. The quantitative estimate of drug-likeness (QED) is 0.538. The maximum Gasteiger partial charge on any atom is 0.136 e. The largest absolute Gasteiger partial charge is 0.391 e. The molecule has 1 saturated heterocycles.